The van der Waals surface area contributed by atoms with Crippen LogP contribution in [0.2, 0.25) is 0 Å². The Bertz CT molecular complexity index is 2230. The molecule has 37 heavy (non-hydrogen) atoms. The molecule has 0 aromatic heterocycles. The van der Waals surface area contributed by atoms with Gasteiger partial charge in [-0.2, -0.15) is 0 Å². The molecule has 0 saturated heterocycles. The average molecular weight is 467 g/mol. The molecule has 0 heterocycles. The molecule has 0 unspecified atom stereocenters. The van der Waals surface area contributed by atoms with E-state index >= 15 is 0 Å². The van der Waals surface area contributed by atoms with Crippen molar-refractivity contribution in [2.24, 2.45) is 0 Å². The third-order valence-electron chi connectivity index (χ3n) is 8.64. The molecule has 0 aliphatic heterocycles. The van der Waals surface area contributed by atoms with Gasteiger partial charge in [0.2, 0.25) is 0 Å². The molecule has 170 valence electrons. The van der Waals surface area contributed by atoms with E-state index in [4.69, 9.17) is 0 Å². The molecule has 8 aromatic rings. The first kappa shape index (κ1) is 19.5. The summed E-state index contributed by atoms with van der Waals surface area (Å²) in [4.78, 5) is 0. The number of hydrogen-bond acceptors (Lipinski definition) is 0. The van der Waals surface area contributed by atoms with Crippen molar-refractivity contribution in [3.8, 4) is 11.1 Å². The zero-order valence-corrected chi connectivity index (χ0v) is 20.3. The molecule has 0 bridgehead atoms. The summed E-state index contributed by atoms with van der Waals surface area (Å²) in [5.74, 6) is 0. The molecule has 9 rings (SSSR count). The van der Waals surface area contributed by atoms with Crippen LogP contribution in [-0.2, 0) is 6.42 Å². The van der Waals surface area contributed by atoms with Crippen molar-refractivity contribution in [3.05, 3.63) is 132 Å². The first-order chi connectivity index (χ1) is 18.4. The van der Waals surface area contributed by atoms with Crippen molar-refractivity contribution >= 4 is 64.6 Å². The van der Waals surface area contributed by atoms with Crippen LogP contribution in [0.3, 0.4) is 0 Å². The average Bonchev–Trinajstić information content (AvgIpc) is 3.37. The van der Waals surface area contributed by atoms with Crippen LogP contribution in [0.15, 0.2) is 121 Å². The fourth-order valence-electron chi connectivity index (χ4n) is 7.10. The maximum atomic E-state index is 2.43. The summed E-state index contributed by atoms with van der Waals surface area (Å²) in [6.07, 6.45) is 0.992. The maximum absolute atomic E-state index is 2.43. The molecular formula is C37H22. The summed E-state index contributed by atoms with van der Waals surface area (Å²) in [5, 5.41) is 16.3. The minimum Gasteiger partial charge on any atom is -0.0616 e. The van der Waals surface area contributed by atoms with Gasteiger partial charge in [0.1, 0.15) is 0 Å². The Morgan fingerprint density at radius 1 is 0.351 bits per heavy atom. The van der Waals surface area contributed by atoms with E-state index in [1.807, 2.05) is 0 Å². The predicted molar refractivity (Wildman–Crippen MR) is 160 cm³/mol. The van der Waals surface area contributed by atoms with Gasteiger partial charge in [-0.15, -0.1) is 0 Å². The summed E-state index contributed by atoms with van der Waals surface area (Å²) in [5.41, 5.74) is 5.59. The largest absolute Gasteiger partial charge is 0.0616 e. The van der Waals surface area contributed by atoms with E-state index in [1.54, 1.807) is 0 Å². The van der Waals surface area contributed by atoms with Gasteiger partial charge in [-0.3, -0.25) is 0 Å². The number of benzene rings is 8. The fourth-order valence-corrected chi connectivity index (χ4v) is 7.10. The monoisotopic (exact) mass is 466 g/mol. The molecule has 0 radical (unpaired) electrons. The third-order valence-corrected chi connectivity index (χ3v) is 8.64. The van der Waals surface area contributed by atoms with Gasteiger partial charge in [0.05, 0.1) is 0 Å². The van der Waals surface area contributed by atoms with Gasteiger partial charge in [-0.25, -0.2) is 0 Å². The zero-order valence-electron chi connectivity index (χ0n) is 20.3. The maximum Gasteiger partial charge on any atom is -0.000683 e. The van der Waals surface area contributed by atoms with Crippen molar-refractivity contribution in [1.82, 2.24) is 0 Å². The smallest absolute Gasteiger partial charge is 0.000683 e. The fraction of sp³-hybridized carbons (Fsp3) is 0.0270. The van der Waals surface area contributed by atoms with Crippen molar-refractivity contribution in [2.45, 2.75) is 6.42 Å². The minimum absolute atomic E-state index is 0.992. The summed E-state index contributed by atoms with van der Waals surface area (Å²) >= 11 is 0. The molecule has 0 spiro atoms. The topological polar surface area (TPSA) is 0 Å². The second-order valence-corrected chi connectivity index (χ2v) is 10.4. The van der Waals surface area contributed by atoms with Crippen molar-refractivity contribution in [2.75, 3.05) is 0 Å². The quantitative estimate of drug-likeness (QED) is 0.211. The van der Waals surface area contributed by atoms with Crippen LogP contribution in [0, 0.1) is 0 Å². The molecular weight excluding hydrogens is 444 g/mol. The van der Waals surface area contributed by atoms with E-state index in [1.165, 1.54) is 86.9 Å². The SMILES string of the molecule is c1ccc2c(c1)c1ccccc1c1cc(-c3ccc4c5ccccc5c5cccc6c5c4c3C6)ccc21. The Balaban J connectivity index is 1.40. The Hall–Kier alpha value is -4.68. The lowest BCUT2D eigenvalue weighted by atomic mass is 9.89. The van der Waals surface area contributed by atoms with Crippen molar-refractivity contribution < 1.29 is 0 Å². The van der Waals surface area contributed by atoms with Gasteiger partial charge in [0.15, 0.2) is 0 Å². The van der Waals surface area contributed by atoms with Crippen molar-refractivity contribution in [1.29, 1.82) is 0 Å². The first-order valence-corrected chi connectivity index (χ1v) is 13.1. The van der Waals surface area contributed by atoms with Gasteiger partial charge < -0.3 is 0 Å². The van der Waals surface area contributed by atoms with E-state index in [0.717, 1.165) is 6.42 Å². The molecule has 0 amide bonds. The lowest BCUT2D eigenvalue weighted by Gasteiger charge is -2.15. The summed E-state index contributed by atoms with van der Waals surface area (Å²) in [6.45, 7) is 0. The second kappa shape index (κ2) is 6.96. The molecule has 0 nitrogen and oxygen atoms in total. The highest BCUT2D eigenvalue weighted by molar-refractivity contribution is 6.29. The normalized spacial score (nSPS) is 12.8. The van der Waals surface area contributed by atoms with Gasteiger partial charge in [-0.1, -0.05) is 115 Å². The minimum atomic E-state index is 0.992. The van der Waals surface area contributed by atoms with Crippen LogP contribution < -0.4 is 0 Å². The van der Waals surface area contributed by atoms with E-state index < -0.39 is 0 Å². The second-order valence-electron chi connectivity index (χ2n) is 10.4. The van der Waals surface area contributed by atoms with Crippen LogP contribution in [0.5, 0.6) is 0 Å². The molecule has 0 fully saturated rings. The molecule has 0 atom stereocenters. The Labute approximate surface area is 214 Å². The number of fused-ring (bicyclic) bond motifs is 9. The van der Waals surface area contributed by atoms with E-state index in [0.29, 0.717) is 0 Å². The van der Waals surface area contributed by atoms with Crippen LogP contribution in [0.25, 0.3) is 75.8 Å². The van der Waals surface area contributed by atoms with E-state index in [9.17, 15) is 0 Å². The van der Waals surface area contributed by atoms with Crippen LogP contribution in [0.4, 0.5) is 0 Å². The van der Waals surface area contributed by atoms with Crippen molar-refractivity contribution in [3.63, 3.8) is 0 Å². The molecule has 8 aromatic carbocycles. The Kier molecular flexibility index (Phi) is 3.67. The first-order valence-electron chi connectivity index (χ1n) is 13.1. The molecule has 0 saturated carbocycles. The Morgan fingerprint density at radius 2 is 0.838 bits per heavy atom. The lowest BCUT2D eigenvalue weighted by Crippen LogP contribution is -1.90. The zero-order chi connectivity index (χ0) is 24.1. The highest BCUT2D eigenvalue weighted by Gasteiger charge is 2.23. The highest BCUT2D eigenvalue weighted by atomic mass is 14.3. The van der Waals surface area contributed by atoms with Gasteiger partial charge >= 0.3 is 0 Å². The molecule has 1 aliphatic rings. The summed E-state index contributed by atoms with van der Waals surface area (Å²) < 4.78 is 0. The Morgan fingerprint density at radius 3 is 1.49 bits per heavy atom. The lowest BCUT2D eigenvalue weighted by molar-refractivity contribution is 1.27. The molecule has 0 heteroatoms. The van der Waals surface area contributed by atoms with E-state index in [-0.39, 0.29) is 0 Å². The standard InChI is InChI=1S/C37H22/c1-2-11-27-25(9-1)26-10-3-6-14-30(26)34-20-22(16-17-31(27)34)24-18-19-33-29-13-5-4-12-28(29)32-15-7-8-23-21-35(24)37(33)36(23)32/h1-20H,21H2. The van der Waals surface area contributed by atoms with Crippen LogP contribution in [0.1, 0.15) is 11.1 Å². The van der Waals surface area contributed by atoms with Crippen LogP contribution in [-0.4, -0.2) is 0 Å². The third kappa shape index (κ3) is 2.47. The van der Waals surface area contributed by atoms with Gasteiger partial charge in [0, 0.05) is 0 Å². The molecule has 0 N–H and O–H groups in total. The number of hydrogen-bond donors (Lipinski definition) is 0. The van der Waals surface area contributed by atoms with Gasteiger partial charge in [-0.05, 0) is 99.4 Å². The predicted octanol–water partition coefficient (Wildman–Crippen LogP) is 10.2. The highest BCUT2D eigenvalue weighted by Crippen LogP contribution is 2.47. The summed E-state index contributed by atoms with van der Waals surface area (Å²) in [7, 11) is 0. The number of rotatable bonds is 1. The summed E-state index contributed by atoms with van der Waals surface area (Å²) in [6, 6.07) is 45.3. The van der Waals surface area contributed by atoms with Crippen LogP contribution >= 0.6 is 0 Å². The van der Waals surface area contributed by atoms with Gasteiger partial charge in [0.25, 0.3) is 0 Å². The van der Waals surface area contributed by atoms with E-state index in [2.05, 4.69) is 121 Å². The molecule has 1 aliphatic carbocycles.